The van der Waals surface area contributed by atoms with Gasteiger partial charge in [0.05, 0.1) is 19.1 Å². The van der Waals surface area contributed by atoms with Crippen molar-refractivity contribution in [2.24, 2.45) is 0 Å². The number of halogens is 1. The molecule has 0 aliphatic rings. The quantitative estimate of drug-likeness (QED) is 0.673. The maximum atomic E-state index is 6.35. The van der Waals surface area contributed by atoms with E-state index in [1.165, 1.54) is 11.3 Å². The van der Waals surface area contributed by atoms with E-state index < -0.39 is 0 Å². The average Bonchev–Trinajstić information content (AvgIpc) is 2.96. The van der Waals surface area contributed by atoms with Gasteiger partial charge in [-0.05, 0) is 18.6 Å². The Labute approximate surface area is 131 Å². The third kappa shape index (κ3) is 2.43. The number of rotatable bonds is 3. The molecule has 6 heteroatoms. The molecule has 108 valence electrons. The van der Waals surface area contributed by atoms with E-state index in [0.29, 0.717) is 16.7 Å². The molecule has 0 saturated carbocycles. The number of aromatic nitrogens is 2. The number of benzene rings is 1. The van der Waals surface area contributed by atoms with Crippen molar-refractivity contribution < 1.29 is 9.47 Å². The van der Waals surface area contributed by atoms with Crippen LogP contribution in [0.4, 0.5) is 0 Å². The lowest BCUT2D eigenvalue weighted by molar-refractivity contribution is 0.417. The minimum atomic E-state index is 0.429. The van der Waals surface area contributed by atoms with Gasteiger partial charge in [0.1, 0.15) is 22.2 Å². The summed E-state index contributed by atoms with van der Waals surface area (Å²) in [5.41, 5.74) is 1.74. The van der Waals surface area contributed by atoms with Gasteiger partial charge in [-0.1, -0.05) is 17.7 Å². The van der Waals surface area contributed by atoms with Crippen LogP contribution in [-0.2, 0) is 0 Å². The summed E-state index contributed by atoms with van der Waals surface area (Å²) in [6.07, 6.45) is 0. The number of thiophene rings is 1. The summed E-state index contributed by atoms with van der Waals surface area (Å²) in [5, 5.41) is 3.16. The van der Waals surface area contributed by atoms with Crippen LogP contribution in [0, 0.1) is 6.92 Å². The number of ether oxygens (including phenoxy) is 2. The predicted molar refractivity (Wildman–Crippen MR) is 85.7 cm³/mol. The summed E-state index contributed by atoms with van der Waals surface area (Å²) in [6, 6.07) is 5.73. The highest BCUT2D eigenvalue weighted by Crippen LogP contribution is 2.35. The second-order valence-electron chi connectivity index (χ2n) is 4.50. The van der Waals surface area contributed by atoms with E-state index >= 15 is 0 Å². The molecule has 1 aromatic carbocycles. The molecule has 3 rings (SSSR count). The van der Waals surface area contributed by atoms with Crippen molar-refractivity contribution in [3.8, 4) is 22.2 Å². The zero-order valence-corrected chi connectivity index (χ0v) is 13.4. The molecule has 0 unspecified atom stereocenters. The van der Waals surface area contributed by atoms with Gasteiger partial charge in [0.15, 0.2) is 5.82 Å². The van der Waals surface area contributed by atoms with E-state index in [-0.39, 0.29) is 0 Å². The molecule has 0 atom stereocenters. The Balaban J connectivity index is 2.26. The molecule has 2 heterocycles. The van der Waals surface area contributed by atoms with E-state index in [2.05, 4.69) is 9.97 Å². The highest BCUT2D eigenvalue weighted by atomic mass is 35.5. The largest absolute Gasteiger partial charge is 0.496 e. The molecule has 0 saturated heterocycles. The first kappa shape index (κ1) is 14.1. The Bertz CT molecular complexity index is 817. The Morgan fingerprint density at radius 2 is 1.95 bits per heavy atom. The topological polar surface area (TPSA) is 44.2 Å². The number of hydrogen-bond donors (Lipinski definition) is 0. The first-order valence-electron chi connectivity index (χ1n) is 6.27. The van der Waals surface area contributed by atoms with E-state index in [9.17, 15) is 0 Å². The van der Waals surface area contributed by atoms with Gasteiger partial charge in [-0.15, -0.1) is 11.3 Å². The molecular weight excluding hydrogens is 308 g/mol. The van der Waals surface area contributed by atoms with Crippen molar-refractivity contribution in [3.05, 3.63) is 34.3 Å². The van der Waals surface area contributed by atoms with Crippen molar-refractivity contribution in [1.82, 2.24) is 9.97 Å². The molecule has 0 fully saturated rings. The SMILES string of the molecule is COc1csc(-c2nc(Cl)c3c(C)ccc(OC)c3n2)c1. The van der Waals surface area contributed by atoms with Gasteiger partial charge >= 0.3 is 0 Å². The lowest BCUT2D eigenvalue weighted by Crippen LogP contribution is -1.95. The van der Waals surface area contributed by atoms with Crippen LogP contribution in [0.15, 0.2) is 23.6 Å². The first-order valence-corrected chi connectivity index (χ1v) is 7.53. The lowest BCUT2D eigenvalue weighted by atomic mass is 10.1. The number of methoxy groups -OCH3 is 2. The second kappa shape index (κ2) is 5.50. The van der Waals surface area contributed by atoms with Gasteiger partial charge in [-0.3, -0.25) is 0 Å². The van der Waals surface area contributed by atoms with Gasteiger partial charge < -0.3 is 9.47 Å². The number of nitrogens with zero attached hydrogens (tertiary/aromatic N) is 2. The van der Waals surface area contributed by atoms with Crippen molar-refractivity contribution in [2.45, 2.75) is 6.92 Å². The highest BCUT2D eigenvalue weighted by molar-refractivity contribution is 7.13. The summed E-state index contributed by atoms with van der Waals surface area (Å²) >= 11 is 7.87. The molecule has 0 spiro atoms. The van der Waals surface area contributed by atoms with E-state index in [0.717, 1.165) is 27.1 Å². The van der Waals surface area contributed by atoms with Crippen molar-refractivity contribution in [1.29, 1.82) is 0 Å². The monoisotopic (exact) mass is 320 g/mol. The zero-order valence-electron chi connectivity index (χ0n) is 11.8. The van der Waals surface area contributed by atoms with Crippen molar-refractivity contribution in [3.63, 3.8) is 0 Å². The number of aryl methyl sites for hydroxylation is 1. The summed E-state index contributed by atoms with van der Waals surface area (Å²) < 4.78 is 10.6. The molecule has 0 bridgehead atoms. The van der Waals surface area contributed by atoms with Crippen LogP contribution in [0.1, 0.15) is 5.56 Å². The summed E-state index contributed by atoms with van der Waals surface area (Å²) in [6.45, 7) is 1.98. The Kier molecular flexibility index (Phi) is 3.69. The minimum Gasteiger partial charge on any atom is -0.496 e. The van der Waals surface area contributed by atoms with Crippen LogP contribution < -0.4 is 9.47 Å². The third-order valence-electron chi connectivity index (χ3n) is 3.23. The van der Waals surface area contributed by atoms with Crippen molar-refractivity contribution in [2.75, 3.05) is 14.2 Å². The fraction of sp³-hybridized carbons (Fsp3) is 0.200. The smallest absolute Gasteiger partial charge is 0.171 e. The number of hydrogen-bond acceptors (Lipinski definition) is 5. The zero-order chi connectivity index (χ0) is 15.0. The van der Waals surface area contributed by atoms with E-state index in [1.54, 1.807) is 14.2 Å². The molecule has 0 N–H and O–H groups in total. The standard InChI is InChI=1S/C15H13ClN2O2S/c1-8-4-5-10(20-3)13-12(8)14(16)18-15(17-13)11-6-9(19-2)7-21-11/h4-7H,1-3H3. The van der Waals surface area contributed by atoms with Crippen LogP contribution in [-0.4, -0.2) is 24.2 Å². The lowest BCUT2D eigenvalue weighted by Gasteiger charge is -2.09. The second-order valence-corrected chi connectivity index (χ2v) is 5.77. The van der Waals surface area contributed by atoms with Gasteiger partial charge in [-0.2, -0.15) is 0 Å². The summed E-state index contributed by atoms with van der Waals surface area (Å²) in [4.78, 5) is 9.93. The normalized spacial score (nSPS) is 10.9. The third-order valence-corrected chi connectivity index (χ3v) is 4.41. The number of fused-ring (bicyclic) bond motifs is 1. The van der Waals surface area contributed by atoms with E-state index in [1.807, 2.05) is 30.5 Å². The summed E-state index contributed by atoms with van der Waals surface area (Å²) in [7, 11) is 3.25. The molecular formula is C15H13ClN2O2S. The fourth-order valence-corrected chi connectivity index (χ4v) is 3.25. The predicted octanol–water partition coefficient (Wildman–Crippen LogP) is 4.34. The van der Waals surface area contributed by atoms with E-state index in [4.69, 9.17) is 21.1 Å². The van der Waals surface area contributed by atoms with Gasteiger partial charge in [0.2, 0.25) is 0 Å². The maximum absolute atomic E-state index is 6.35. The molecule has 2 aromatic heterocycles. The van der Waals surface area contributed by atoms with Crippen LogP contribution in [0.25, 0.3) is 21.6 Å². The molecule has 0 radical (unpaired) electrons. The Morgan fingerprint density at radius 1 is 1.14 bits per heavy atom. The molecule has 21 heavy (non-hydrogen) atoms. The van der Waals surface area contributed by atoms with Crippen LogP contribution in [0.3, 0.4) is 0 Å². The molecule has 3 aromatic rings. The van der Waals surface area contributed by atoms with Crippen LogP contribution in [0.2, 0.25) is 5.15 Å². The molecule has 4 nitrogen and oxygen atoms in total. The molecule has 0 aliphatic carbocycles. The fourth-order valence-electron chi connectivity index (χ4n) is 2.14. The highest BCUT2D eigenvalue weighted by Gasteiger charge is 2.15. The van der Waals surface area contributed by atoms with Gasteiger partial charge in [0.25, 0.3) is 0 Å². The van der Waals surface area contributed by atoms with Gasteiger partial charge in [-0.25, -0.2) is 9.97 Å². The Morgan fingerprint density at radius 3 is 2.62 bits per heavy atom. The molecule has 0 aliphatic heterocycles. The molecule has 0 amide bonds. The average molecular weight is 321 g/mol. The van der Waals surface area contributed by atoms with Crippen LogP contribution in [0.5, 0.6) is 11.5 Å². The Hall–Kier alpha value is -1.85. The summed E-state index contributed by atoms with van der Waals surface area (Å²) in [5.74, 6) is 2.04. The van der Waals surface area contributed by atoms with Crippen LogP contribution >= 0.6 is 22.9 Å². The maximum Gasteiger partial charge on any atom is 0.171 e. The van der Waals surface area contributed by atoms with Crippen molar-refractivity contribution >= 4 is 33.8 Å². The first-order chi connectivity index (χ1) is 10.1. The minimum absolute atomic E-state index is 0.429. The van der Waals surface area contributed by atoms with Gasteiger partial charge in [0, 0.05) is 16.8 Å².